The van der Waals surface area contributed by atoms with E-state index in [2.05, 4.69) is 19.5 Å². The molecule has 0 aliphatic rings. The lowest BCUT2D eigenvalue weighted by Gasteiger charge is -2.02. The summed E-state index contributed by atoms with van der Waals surface area (Å²) in [6, 6.07) is 11.6. The van der Waals surface area contributed by atoms with Gasteiger partial charge in [0.1, 0.15) is 13.1 Å². The number of nitroso groups, excluding NO2 is 2. The van der Waals surface area contributed by atoms with Crippen LogP contribution in [-0.4, -0.2) is 0 Å². The zero-order valence-corrected chi connectivity index (χ0v) is 12.5. The van der Waals surface area contributed by atoms with Crippen molar-refractivity contribution in [2.45, 2.75) is 39.0 Å². The van der Waals surface area contributed by atoms with Crippen molar-refractivity contribution in [1.29, 1.82) is 0 Å². The van der Waals surface area contributed by atoms with Crippen LogP contribution in [-0.2, 0) is 26.2 Å². The minimum atomic E-state index is 0.198. The third-order valence-electron chi connectivity index (χ3n) is 3.57. The van der Waals surface area contributed by atoms with Crippen LogP contribution in [0.2, 0.25) is 0 Å². The van der Waals surface area contributed by atoms with Gasteiger partial charge in [-0.3, -0.25) is 0 Å². The SMILES string of the molecule is O=NCc1cccc[n+]1CCCC[n+]1ccccc1CN=O. The van der Waals surface area contributed by atoms with Gasteiger partial charge in [-0.05, 0) is 0 Å². The summed E-state index contributed by atoms with van der Waals surface area (Å²) in [5.74, 6) is 0. The Bertz CT molecular complexity index is 576. The quantitative estimate of drug-likeness (QED) is 0.405. The molecule has 2 heterocycles. The van der Waals surface area contributed by atoms with Crippen molar-refractivity contribution in [2.75, 3.05) is 0 Å². The van der Waals surface area contributed by atoms with Crippen molar-refractivity contribution in [2.24, 2.45) is 10.4 Å². The van der Waals surface area contributed by atoms with Gasteiger partial charge in [0.2, 0.25) is 11.4 Å². The second-order valence-electron chi connectivity index (χ2n) is 5.05. The van der Waals surface area contributed by atoms with Gasteiger partial charge in [0.15, 0.2) is 25.5 Å². The van der Waals surface area contributed by atoms with Crippen molar-refractivity contribution in [1.82, 2.24) is 0 Å². The van der Waals surface area contributed by atoms with Crippen LogP contribution in [0.15, 0.2) is 59.1 Å². The van der Waals surface area contributed by atoms with Gasteiger partial charge in [-0.1, -0.05) is 22.5 Å². The van der Waals surface area contributed by atoms with E-state index in [0.717, 1.165) is 37.3 Å². The van der Waals surface area contributed by atoms with Crippen molar-refractivity contribution >= 4 is 0 Å². The Kier molecular flexibility index (Phi) is 6.29. The van der Waals surface area contributed by atoms with E-state index in [9.17, 15) is 9.81 Å². The highest BCUT2D eigenvalue weighted by Gasteiger charge is 2.12. The van der Waals surface area contributed by atoms with Crippen molar-refractivity contribution < 1.29 is 9.13 Å². The molecule has 0 spiro atoms. The highest BCUT2D eigenvalue weighted by Crippen LogP contribution is 1.99. The number of hydrogen-bond acceptors (Lipinski definition) is 4. The molecule has 2 aromatic rings. The molecule has 2 aromatic heterocycles. The molecule has 0 atom stereocenters. The van der Waals surface area contributed by atoms with Crippen LogP contribution in [0.1, 0.15) is 24.2 Å². The maximum Gasteiger partial charge on any atom is 0.206 e. The van der Waals surface area contributed by atoms with Crippen LogP contribution >= 0.6 is 0 Å². The molecule has 0 N–H and O–H groups in total. The Morgan fingerprint density at radius 3 is 1.59 bits per heavy atom. The molecule has 2 rings (SSSR count). The Hall–Kier alpha value is -2.50. The number of aromatic nitrogens is 2. The first-order chi connectivity index (χ1) is 10.8. The van der Waals surface area contributed by atoms with Gasteiger partial charge in [-0.2, -0.15) is 9.81 Å². The van der Waals surface area contributed by atoms with Gasteiger partial charge < -0.3 is 0 Å². The van der Waals surface area contributed by atoms with E-state index in [0.29, 0.717) is 0 Å². The number of hydrogen-bond donors (Lipinski definition) is 0. The average Bonchev–Trinajstić information content (AvgIpc) is 2.55. The van der Waals surface area contributed by atoms with Gasteiger partial charge in [-0.15, -0.1) is 0 Å². The fourth-order valence-electron chi connectivity index (χ4n) is 2.44. The van der Waals surface area contributed by atoms with Crippen LogP contribution in [0, 0.1) is 9.81 Å². The number of aryl methyl sites for hydroxylation is 2. The van der Waals surface area contributed by atoms with E-state index >= 15 is 0 Å². The van der Waals surface area contributed by atoms with Crippen molar-refractivity contribution in [3.63, 3.8) is 0 Å². The highest BCUT2D eigenvalue weighted by atomic mass is 16.3. The lowest BCUT2D eigenvalue weighted by atomic mass is 10.2. The molecule has 0 unspecified atom stereocenters. The van der Waals surface area contributed by atoms with Crippen LogP contribution in [0.5, 0.6) is 0 Å². The fourth-order valence-corrected chi connectivity index (χ4v) is 2.44. The molecular formula is C16H20N4O2+2. The second kappa shape index (κ2) is 8.71. The summed E-state index contributed by atoms with van der Waals surface area (Å²) in [4.78, 5) is 20.9. The van der Waals surface area contributed by atoms with E-state index in [4.69, 9.17) is 0 Å². The third-order valence-corrected chi connectivity index (χ3v) is 3.57. The lowest BCUT2D eigenvalue weighted by molar-refractivity contribution is -0.715. The summed E-state index contributed by atoms with van der Waals surface area (Å²) in [5.41, 5.74) is 1.85. The van der Waals surface area contributed by atoms with Crippen LogP contribution in [0.4, 0.5) is 0 Å². The first kappa shape index (κ1) is 15.9. The molecule has 0 radical (unpaired) electrons. The van der Waals surface area contributed by atoms with E-state index in [1.54, 1.807) is 0 Å². The van der Waals surface area contributed by atoms with E-state index < -0.39 is 0 Å². The first-order valence-electron chi connectivity index (χ1n) is 7.38. The monoisotopic (exact) mass is 300 g/mol. The Balaban J connectivity index is 1.87. The summed E-state index contributed by atoms with van der Waals surface area (Å²) in [7, 11) is 0. The summed E-state index contributed by atoms with van der Waals surface area (Å²) in [6.45, 7) is 2.09. The highest BCUT2D eigenvalue weighted by molar-refractivity contribution is 4.97. The molecule has 6 nitrogen and oxygen atoms in total. The molecule has 0 aromatic carbocycles. The summed E-state index contributed by atoms with van der Waals surface area (Å²) in [6.07, 6.45) is 5.91. The normalized spacial score (nSPS) is 10.4. The van der Waals surface area contributed by atoms with Gasteiger partial charge >= 0.3 is 0 Å². The summed E-state index contributed by atoms with van der Waals surface area (Å²) in [5, 5.41) is 5.92. The summed E-state index contributed by atoms with van der Waals surface area (Å²) < 4.78 is 4.12. The second-order valence-corrected chi connectivity index (χ2v) is 5.05. The minimum Gasteiger partial charge on any atom is -0.201 e. The predicted molar refractivity (Wildman–Crippen MR) is 81.5 cm³/mol. The van der Waals surface area contributed by atoms with Gasteiger partial charge in [0.25, 0.3) is 0 Å². The van der Waals surface area contributed by atoms with Crippen molar-refractivity contribution in [3.8, 4) is 0 Å². The Morgan fingerprint density at radius 2 is 1.18 bits per heavy atom. The number of nitrogens with zero attached hydrogens (tertiary/aromatic N) is 4. The third kappa shape index (κ3) is 4.51. The maximum atomic E-state index is 10.4. The lowest BCUT2D eigenvalue weighted by Crippen LogP contribution is -2.40. The zero-order valence-electron chi connectivity index (χ0n) is 12.5. The van der Waals surface area contributed by atoms with Crippen LogP contribution in [0.25, 0.3) is 0 Å². The zero-order chi connectivity index (χ0) is 15.6. The molecule has 114 valence electrons. The molecule has 0 saturated carbocycles. The molecular weight excluding hydrogens is 280 g/mol. The summed E-state index contributed by atoms with van der Waals surface area (Å²) >= 11 is 0. The number of rotatable bonds is 9. The van der Waals surface area contributed by atoms with E-state index in [-0.39, 0.29) is 13.1 Å². The van der Waals surface area contributed by atoms with Crippen molar-refractivity contribution in [3.05, 3.63) is 70.0 Å². The molecule has 6 heteroatoms. The Morgan fingerprint density at radius 1 is 0.727 bits per heavy atom. The predicted octanol–water partition coefficient (Wildman–Crippen LogP) is 2.27. The molecule has 0 bridgehead atoms. The Labute approximate surface area is 129 Å². The molecule has 0 aliphatic heterocycles. The molecule has 0 fully saturated rings. The van der Waals surface area contributed by atoms with E-state index in [1.807, 2.05) is 48.8 Å². The first-order valence-corrected chi connectivity index (χ1v) is 7.38. The van der Waals surface area contributed by atoms with Crippen LogP contribution in [0.3, 0.4) is 0 Å². The van der Waals surface area contributed by atoms with Gasteiger partial charge in [0.05, 0.1) is 0 Å². The van der Waals surface area contributed by atoms with Gasteiger partial charge in [0, 0.05) is 37.1 Å². The molecule has 0 aliphatic carbocycles. The maximum absolute atomic E-state index is 10.4. The standard InChI is InChI=1S/C16H20N4O2/c21-17-13-15-7-1-3-9-19(15)11-5-6-12-20-10-4-2-8-16(20)14-18-22/h1-4,7-10H,5-6,11-14H2/q+2. The largest absolute Gasteiger partial charge is 0.206 e. The van der Waals surface area contributed by atoms with E-state index in [1.165, 1.54) is 0 Å². The van der Waals surface area contributed by atoms with Crippen LogP contribution < -0.4 is 9.13 Å². The smallest absolute Gasteiger partial charge is 0.201 e. The molecule has 0 amide bonds. The fraction of sp³-hybridized carbons (Fsp3) is 0.375. The number of pyridine rings is 2. The number of unbranched alkanes of at least 4 members (excludes halogenated alkanes) is 1. The topological polar surface area (TPSA) is 66.6 Å². The minimum absolute atomic E-state index is 0.198. The molecule has 22 heavy (non-hydrogen) atoms. The average molecular weight is 300 g/mol. The van der Waals surface area contributed by atoms with Gasteiger partial charge in [-0.25, -0.2) is 9.13 Å². The molecule has 0 saturated heterocycles.